The van der Waals surface area contributed by atoms with E-state index in [9.17, 15) is 9.59 Å². The molecule has 3 aromatic rings. The predicted octanol–water partition coefficient (Wildman–Crippen LogP) is 5.11. The van der Waals surface area contributed by atoms with Crippen LogP contribution in [0.3, 0.4) is 0 Å². The first-order valence-electron chi connectivity index (χ1n) is 11.4. The van der Waals surface area contributed by atoms with E-state index in [1.54, 1.807) is 17.0 Å². The first-order valence-corrected chi connectivity index (χ1v) is 11.8. The molecule has 0 radical (unpaired) electrons. The molecule has 0 heterocycles. The lowest BCUT2D eigenvalue weighted by Gasteiger charge is -2.31. The van der Waals surface area contributed by atoms with Gasteiger partial charge in [-0.25, -0.2) is 0 Å². The van der Waals surface area contributed by atoms with E-state index in [1.807, 2.05) is 81.4 Å². The van der Waals surface area contributed by atoms with Crippen molar-refractivity contribution in [3.63, 3.8) is 0 Å². The van der Waals surface area contributed by atoms with Crippen molar-refractivity contribution in [1.29, 1.82) is 0 Å². The number of halogens is 1. The quantitative estimate of drug-likeness (QED) is 0.440. The topological polar surface area (TPSA) is 58.6 Å². The number of hydrogen-bond acceptors (Lipinski definition) is 3. The lowest BCUT2D eigenvalue weighted by atomic mass is 10.0. The van der Waals surface area contributed by atoms with Crippen molar-refractivity contribution in [2.24, 2.45) is 0 Å². The fourth-order valence-electron chi connectivity index (χ4n) is 3.82. The lowest BCUT2D eigenvalue weighted by molar-refractivity contribution is -0.142. The minimum atomic E-state index is -0.687. The molecule has 0 aromatic heterocycles. The number of amides is 2. The minimum Gasteiger partial charge on any atom is -0.483 e. The Labute approximate surface area is 206 Å². The fourth-order valence-corrected chi connectivity index (χ4v) is 3.94. The van der Waals surface area contributed by atoms with E-state index >= 15 is 0 Å². The maximum Gasteiger partial charge on any atom is 0.261 e. The van der Waals surface area contributed by atoms with Gasteiger partial charge in [0.05, 0.1) is 0 Å². The Morgan fingerprint density at radius 1 is 0.971 bits per heavy atom. The normalized spacial score (nSPS) is 11.5. The van der Waals surface area contributed by atoms with Gasteiger partial charge < -0.3 is 15.0 Å². The van der Waals surface area contributed by atoms with Gasteiger partial charge in [-0.3, -0.25) is 9.59 Å². The zero-order valence-electron chi connectivity index (χ0n) is 19.9. The molecule has 3 rings (SSSR count). The zero-order valence-corrected chi connectivity index (χ0v) is 20.6. The maximum atomic E-state index is 13.5. The van der Waals surface area contributed by atoms with Gasteiger partial charge >= 0.3 is 0 Å². The van der Waals surface area contributed by atoms with E-state index in [4.69, 9.17) is 16.3 Å². The number of carbonyl (C=O) groups is 2. The fraction of sp³-hybridized carbons (Fsp3) is 0.286. The number of likely N-dealkylation sites (N-methyl/N-ethyl adjacent to an activating group) is 1. The Hall–Kier alpha value is -3.31. The van der Waals surface area contributed by atoms with Crippen molar-refractivity contribution in [3.8, 4) is 5.75 Å². The molecule has 2 amide bonds. The molecule has 0 aliphatic carbocycles. The minimum absolute atomic E-state index is 0.164. The molecule has 1 N–H and O–H groups in total. The number of aryl methyl sites for hydroxylation is 2. The largest absolute Gasteiger partial charge is 0.483 e. The van der Waals surface area contributed by atoms with Gasteiger partial charge in [-0.05, 0) is 55.7 Å². The Kier molecular flexibility index (Phi) is 9.11. The molecule has 0 unspecified atom stereocenters. The molecule has 0 aliphatic heterocycles. The number of carbonyl (C=O) groups excluding carboxylic acids is 2. The van der Waals surface area contributed by atoms with Crippen LogP contribution in [0, 0.1) is 13.8 Å². The standard InChI is InChI=1S/C28H31ClN2O3/c1-4-30-28(33)25(17-22-8-6-5-7-9-22)31(18-23-11-13-24(29)14-12-23)27(32)19-34-26-15-10-20(2)16-21(26)3/h5-16,25H,4,17-19H2,1-3H3,(H,30,33)/t25-/m1/s1. The van der Waals surface area contributed by atoms with Crippen LogP contribution in [0.4, 0.5) is 0 Å². The molecule has 0 aliphatic rings. The van der Waals surface area contributed by atoms with Gasteiger partial charge in [-0.15, -0.1) is 0 Å². The van der Waals surface area contributed by atoms with Crippen molar-refractivity contribution >= 4 is 23.4 Å². The van der Waals surface area contributed by atoms with E-state index in [2.05, 4.69) is 5.32 Å². The Bertz CT molecular complexity index is 1100. The third-order valence-corrected chi connectivity index (χ3v) is 5.82. The second-order valence-electron chi connectivity index (χ2n) is 8.31. The van der Waals surface area contributed by atoms with Gasteiger partial charge in [-0.1, -0.05) is 71.8 Å². The van der Waals surface area contributed by atoms with Crippen molar-refractivity contribution in [1.82, 2.24) is 10.2 Å². The Balaban J connectivity index is 1.89. The lowest BCUT2D eigenvalue weighted by Crippen LogP contribution is -2.51. The summed E-state index contributed by atoms with van der Waals surface area (Å²) in [6.45, 7) is 6.41. The van der Waals surface area contributed by atoms with Crippen molar-refractivity contribution in [2.45, 2.75) is 39.8 Å². The molecule has 5 nitrogen and oxygen atoms in total. The third-order valence-electron chi connectivity index (χ3n) is 5.57. The third kappa shape index (κ3) is 7.09. The summed E-state index contributed by atoms with van der Waals surface area (Å²) >= 11 is 6.05. The summed E-state index contributed by atoms with van der Waals surface area (Å²) in [6.07, 6.45) is 0.398. The van der Waals surface area contributed by atoms with Gasteiger partial charge in [0.2, 0.25) is 5.91 Å². The molecule has 0 fully saturated rings. The number of nitrogens with one attached hydrogen (secondary N) is 1. The molecule has 6 heteroatoms. The summed E-state index contributed by atoms with van der Waals surface area (Å²) in [6, 6.07) is 22.1. The van der Waals surface area contributed by atoms with E-state index in [0.29, 0.717) is 23.7 Å². The molecular formula is C28H31ClN2O3. The number of rotatable bonds is 10. The van der Waals surface area contributed by atoms with Crippen LogP contribution in [0.25, 0.3) is 0 Å². The maximum absolute atomic E-state index is 13.5. The molecule has 3 aromatic carbocycles. The number of nitrogens with zero attached hydrogens (tertiary/aromatic N) is 1. The average Bonchev–Trinajstić information content (AvgIpc) is 2.82. The monoisotopic (exact) mass is 478 g/mol. The number of ether oxygens (including phenoxy) is 1. The smallest absolute Gasteiger partial charge is 0.261 e. The molecule has 178 valence electrons. The molecule has 0 saturated carbocycles. The second-order valence-corrected chi connectivity index (χ2v) is 8.74. The molecule has 0 bridgehead atoms. The molecule has 34 heavy (non-hydrogen) atoms. The first-order chi connectivity index (χ1) is 16.4. The first kappa shape index (κ1) is 25.3. The highest BCUT2D eigenvalue weighted by Crippen LogP contribution is 2.20. The van der Waals surface area contributed by atoms with E-state index in [1.165, 1.54) is 0 Å². The average molecular weight is 479 g/mol. The highest BCUT2D eigenvalue weighted by molar-refractivity contribution is 6.30. The van der Waals surface area contributed by atoms with Crippen LogP contribution in [0.1, 0.15) is 29.2 Å². The van der Waals surface area contributed by atoms with Crippen LogP contribution in [0.5, 0.6) is 5.75 Å². The zero-order chi connectivity index (χ0) is 24.5. The van der Waals surface area contributed by atoms with Gasteiger partial charge in [-0.2, -0.15) is 0 Å². The summed E-state index contributed by atoms with van der Waals surface area (Å²) < 4.78 is 5.89. The van der Waals surface area contributed by atoms with Crippen molar-refractivity contribution < 1.29 is 14.3 Å². The summed E-state index contributed by atoms with van der Waals surface area (Å²) in [5, 5.41) is 3.51. The number of benzene rings is 3. The van der Waals surface area contributed by atoms with Gasteiger partial charge in [0, 0.05) is 24.5 Å². The predicted molar refractivity (Wildman–Crippen MR) is 136 cm³/mol. The molecule has 0 spiro atoms. The Morgan fingerprint density at radius 2 is 1.68 bits per heavy atom. The summed E-state index contributed by atoms with van der Waals surface area (Å²) in [5.74, 6) is 0.199. The SMILES string of the molecule is CCNC(=O)[C@@H](Cc1ccccc1)N(Cc1ccc(Cl)cc1)C(=O)COc1ccc(C)cc1C. The summed E-state index contributed by atoms with van der Waals surface area (Å²) in [4.78, 5) is 28.2. The Morgan fingerprint density at radius 3 is 2.32 bits per heavy atom. The number of hydrogen-bond donors (Lipinski definition) is 1. The van der Waals surface area contributed by atoms with Crippen molar-refractivity contribution in [2.75, 3.05) is 13.2 Å². The van der Waals surface area contributed by atoms with E-state index < -0.39 is 6.04 Å². The van der Waals surface area contributed by atoms with Crippen LogP contribution in [0.2, 0.25) is 5.02 Å². The molecular weight excluding hydrogens is 448 g/mol. The van der Waals surface area contributed by atoms with E-state index in [-0.39, 0.29) is 25.0 Å². The van der Waals surface area contributed by atoms with Crippen molar-refractivity contribution in [3.05, 3.63) is 100 Å². The van der Waals surface area contributed by atoms with E-state index in [0.717, 1.165) is 22.3 Å². The highest BCUT2D eigenvalue weighted by atomic mass is 35.5. The van der Waals surface area contributed by atoms with Gasteiger partial charge in [0.1, 0.15) is 11.8 Å². The molecule has 0 saturated heterocycles. The van der Waals surface area contributed by atoms with Gasteiger partial charge in [0.15, 0.2) is 6.61 Å². The van der Waals surface area contributed by atoms with Crippen LogP contribution >= 0.6 is 11.6 Å². The van der Waals surface area contributed by atoms with Crippen LogP contribution < -0.4 is 10.1 Å². The highest BCUT2D eigenvalue weighted by Gasteiger charge is 2.30. The molecule has 1 atom stereocenters. The van der Waals surface area contributed by atoms with Crippen LogP contribution in [-0.2, 0) is 22.6 Å². The second kappa shape index (κ2) is 12.2. The van der Waals surface area contributed by atoms with Crippen LogP contribution in [-0.4, -0.2) is 35.9 Å². The van der Waals surface area contributed by atoms with Gasteiger partial charge in [0.25, 0.3) is 5.91 Å². The summed E-state index contributed by atoms with van der Waals surface area (Å²) in [5.41, 5.74) is 3.94. The summed E-state index contributed by atoms with van der Waals surface area (Å²) in [7, 11) is 0. The van der Waals surface area contributed by atoms with Crippen LogP contribution in [0.15, 0.2) is 72.8 Å².